The molecule has 0 bridgehead atoms. The van der Waals surface area contributed by atoms with Crippen molar-refractivity contribution >= 4 is 29.1 Å². The predicted octanol–water partition coefficient (Wildman–Crippen LogP) is 2.04. The summed E-state index contributed by atoms with van der Waals surface area (Å²) in [7, 11) is 0. The first-order valence-electron chi connectivity index (χ1n) is 5.76. The standard InChI is InChI=1S/C13H10N2O3S/c16-12(11-9(13(17)18)7-14-19-11)15-6-5-8-3-1-2-4-10(8)15/h1-4,7H,5-6H2,(H,17,18). The molecule has 1 N–H and O–H groups in total. The molecule has 96 valence electrons. The number of aromatic nitrogens is 1. The van der Waals surface area contributed by atoms with Gasteiger partial charge in [-0.2, -0.15) is 4.37 Å². The van der Waals surface area contributed by atoms with E-state index in [0.29, 0.717) is 6.54 Å². The van der Waals surface area contributed by atoms with Crippen LogP contribution in [0.5, 0.6) is 0 Å². The van der Waals surface area contributed by atoms with Gasteiger partial charge in [0, 0.05) is 12.2 Å². The maximum Gasteiger partial charge on any atom is 0.339 e. The van der Waals surface area contributed by atoms with Crippen LogP contribution in [-0.4, -0.2) is 27.9 Å². The Bertz CT molecular complexity index is 665. The van der Waals surface area contributed by atoms with Crippen molar-refractivity contribution in [2.75, 3.05) is 11.4 Å². The summed E-state index contributed by atoms with van der Waals surface area (Å²) in [6.07, 6.45) is 2.02. The van der Waals surface area contributed by atoms with Crippen molar-refractivity contribution in [1.82, 2.24) is 4.37 Å². The van der Waals surface area contributed by atoms with Crippen LogP contribution in [0.3, 0.4) is 0 Å². The van der Waals surface area contributed by atoms with Gasteiger partial charge in [0.1, 0.15) is 10.4 Å². The molecule has 0 saturated heterocycles. The highest BCUT2D eigenvalue weighted by Crippen LogP contribution is 2.30. The van der Waals surface area contributed by atoms with Crippen molar-refractivity contribution in [3.05, 3.63) is 46.5 Å². The fourth-order valence-electron chi connectivity index (χ4n) is 2.22. The van der Waals surface area contributed by atoms with E-state index in [0.717, 1.165) is 29.2 Å². The summed E-state index contributed by atoms with van der Waals surface area (Å²) in [4.78, 5) is 25.3. The van der Waals surface area contributed by atoms with Gasteiger partial charge in [-0.05, 0) is 29.6 Å². The summed E-state index contributed by atoms with van der Waals surface area (Å²) < 4.78 is 3.81. The molecule has 2 aromatic rings. The molecule has 0 aliphatic carbocycles. The summed E-state index contributed by atoms with van der Waals surface area (Å²) in [6.45, 7) is 0.579. The predicted molar refractivity (Wildman–Crippen MR) is 70.9 cm³/mol. The number of nitrogens with zero attached hydrogens (tertiary/aromatic N) is 2. The fourth-order valence-corrected chi connectivity index (χ4v) is 2.91. The molecule has 0 radical (unpaired) electrons. The Kier molecular flexibility index (Phi) is 2.79. The van der Waals surface area contributed by atoms with E-state index in [1.54, 1.807) is 4.90 Å². The quantitative estimate of drug-likeness (QED) is 0.909. The van der Waals surface area contributed by atoms with E-state index in [4.69, 9.17) is 5.11 Å². The number of benzene rings is 1. The number of carbonyl (C=O) groups is 2. The summed E-state index contributed by atoms with van der Waals surface area (Å²) in [6, 6.07) is 7.66. The lowest BCUT2D eigenvalue weighted by molar-refractivity contribution is 0.0692. The molecule has 2 heterocycles. The van der Waals surface area contributed by atoms with Gasteiger partial charge < -0.3 is 10.0 Å². The highest BCUT2D eigenvalue weighted by atomic mass is 32.1. The lowest BCUT2D eigenvalue weighted by atomic mass is 10.2. The third-order valence-corrected chi connectivity index (χ3v) is 3.92. The van der Waals surface area contributed by atoms with Crippen molar-refractivity contribution in [2.24, 2.45) is 0 Å². The number of anilines is 1. The first kappa shape index (κ1) is 11.9. The largest absolute Gasteiger partial charge is 0.478 e. The lowest BCUT2D eigenvalue weighted by Crippen LogP contribution is -2.29. The molecule has 19 heavy (non-hydrogen) atoms. The molecule has 0 atom stereocenters. The van der Waals surface area contributed by atoms with Crippen LogP contribution < -0.4 is 4.90 Å². The average Bonchev–Trinajstić information content (AvgIpc) is 3.05. The molecule has 3 rings (SSSR count). The van der Waals surface area contributed by atoms with Gasteiger partial charge in [-0.15, -0.1) is 0 Å². The van der Waals surface area contributed by atoms with Gasteiger partial charge in [0.05, 0.1) is 6.20 Å². The minimum Gasteiger partial charge on any atom is -0.478 e. The number of carboxylic acids is 1. The van der Waals surface area contributed by atoms with E-state index < -0.39 is 5.97 Å². The van der Waals surface area contributed by atoms with Gasteiger partial charge >= 0.3 is 5.97 Å². The molecule has 1 aromatic carbocycles. The first-order chi connectivity index (χ1) is 9.18. The highest BCUT2D eigenvalue weighted by Gasteiger charge is 2.29. The van der Waals surface area contributed by atoms with Crippen molar-refractivity contribution in [2.45, 2.75) is 6.42 Å². The van der Waals surface area contributed by atoms with Crippen molar-refractivity contribution < 1.29 is 14.7 Å². The normalized spacial score (nSPS) is 13.4. The molecular formula is C13H10N2O3S. The second-order valence-electron chi connectivity index (χ2n) is 4.21. The zero-order valence-electron chi connectivity index (χ0n) is 9.87. The van der Waals surface area contributed by atoms with Gasteiger partial charge in [0.25, 0.3) is 5.91 Å². The zero-order valence-corrected chi connectivity index (χ0v) is 10.7. The Morgan fingerprint density at radius 2 is 2.11 bits per heavy atom. The van der Waals surface area contributed by atoms with E-state index in [9.17, 15) is 9.59 Å². The van der Waals surface area contributed by atoms with Crippen molar-refractivity contribution in [3.63, 3.8) is 0 Å². The second kappa shape index (κ2) is 4.47. The van der Waals surface area contributed by atoms with Crippen LogP contribution in [0.2, 0.25) is 0 Å². The number of rotatable bonds is 2. The Morgan fingerprint density at radius 3 is 2.89 bits per heavy atom. The van der Waals surface area contributed by atoms with E-state index in [-0.39, 0.29) is 16.3 Å². The third-order valence-electron chi connectivity index (χ3n) is 3.13. The number of hydrogen-bond acceptors (Lipinski definition) is 4. The number of para-hydroxylation sites is 1. The smallest absolute Gasteiger partial charge is 0.339 e. The molecule has 1 aromatic heterocycles. The third kappa shape index (κ3) is 1.90. The monoisotopic (exact) mass is 274 g/mol. The summed E-state index contributed by atoms with van der Waals surface area (Å²) in [5.41, 5.74) is 1.94. The molecular weight excluding hydrogens is 264 g/mol. The van der Waals surface area contributed by atoms with Crippen molar-refractivity contribution in [3.8, 4) is 0 Å². The highest BCUT2D eigenvalue weighted by molar-refractivity contribution is 7.08. The molecule has 1 amide bonds. The van der Waals surface area contributed by atoms with Crippen LogP contribution in [0.15, 0.2) is 30.5 Å². The summed E-state index contributed by atoms with van der Waals surface area (Å²) in [5, 5.41) is 9.04. The first-order valence-corrected chi connectivity index (χ1v) is 6.53. The van der Waals surface area contributed by atoms with Gasteiger partial charge in [-0.25, -0.2) is 4.79 Å². The van der Waals surface area contributed by atoms with E-state index in [1.165, 1.54) is 6.20 Å². The Labute approximate surface area is 113 Å². The van der Waals surface area contributed by atoms with Crippen LogP contribution in [0, 0.1) is 0 Å². The molecule has 0 unspecified atom stereocenters. The van der Waals surface area contributed by atoms with Crippen LogP contribution in [0.4, 0.5) is 5.69 Å². The molecule has 6 heteroatoms. The van der Waals surface area contributed by atoms with E-state index >= 15 is 0 Å². The van der Waals surface area contributed by atoms with Gasteiger partial charge in [0.2, 0.25) is 0 Å². The minimum atomic E-state index is -1.12. The van der Waals surface area contributed by atoms with Crippen LogP contribution in [0.1, 0.15) is 25.6 Å². The van der Waals surface area contributed by atoms with E-state index in [2.05, 4.69) is 4.37 Å². The summed E-state index contributed by atoms with van der Waals surface area (Å²) >= 11 is 0.925. The lowest BCUT2D eigenvalue weighted by Gasteiger charge is -2.16. The molecule has 0 fully saturated rings. The van der Waals surface area contributed by atoms with E-state index in [1.807, 2.05) is 24.3 Å². The molecule has 0 spiro atoms. The Hall–Kier alpha value is -2.21. The van der Waals surface area contributed by atoms with Gasteiger partial charge in [0.15, 0.2) is 0 Å². The SMILES string of the molecule is O=C(O)c1cnsc1C(=O)N1CCc2ccccc21. The van der Waals surface area contributed by atoms with Crippen molar-refractivity contribution in [1.29, 1.82) is 0 Å². The van der Waals surface area contributed by atoms with Gasteiger partial charge in [-0.3, -0.25) is 4.79 Å². The number of aromatic carboxylic acids is 1. The topological polar surface area (TPSA) is 70.5 Å². The maximum atomic E-state index is 12.4. The summed E-state index contributed by atoms with van der Waals surface area (Å²) in [5.74, 6) is -1.41. The number of carbonyl (C=O) groups excluding carboxylic acids is 1. The average molecular weight is 274 g/mol. The molecule has 5 nitrogen and oxygen atoms in total. The number of amides is 1. The molecule has 1 aliphatic heterocycles. The number of carboxylic acid groups (broad SMARTS) is 1. The maximum absolute atomic E-state index is 12.4. The number of fused-ring (bicyclic) bond motifs is 1. The van der Waals surface area contributed by atoms with Crippen LogP contribution in [-0.2, 0) is 6.42 Å². The number of hydrogen-bond donors (Lipinski definition) is 1. The van der Waals surface area contributed by atoms with Crippen LogP contribution >= 0.6 is 11.5 Å². The van der Waals surface area contributed by atoms with Crippen LogP contribution in [0.25, 0.3) is 0 Å². The molecule has 1 aliphatic rings. The Balaban J connectivity index is 1.98. The van der Waals surface area contributed by atoms with Gasteiger partial charge in [-0.1, -0.05) is 18.2 Å². The molecule has 0 saturated carbocycles. The zero-order chi connectivity index (χ0) is 13.4. The minimum absolute atomic E-state index is 0.0284. The Morgan fingerprint density at radius 1 is 1.32 bits per heavy atom. The second-order valence-corrected chi connectivity index (χ2v) is 5.01. The fraction of sp³-hybridized carbons (Fsp3) is 0.154.